The molecule has 0 aromatic carbocycles. The van der Waals surface area contributed by atoms with Crippen LogP contribution in [0, 0.1) is 0 Å². The van der Waals surface area contributed by atoms with Gasteiger partial charge in [0.1, 0.15) is 0 Å². The van der Waals surface area contributed by atoms with Gasteiger partial charge in [0, 0.05) is 39.2 Å². The number of nitrogens with one attached hydrogen (secondary N) is 1. The molecular weight excluding hydrogens is 220 g/mol. The molecular formula is C12H22N2O3. The van der Waals surface area contributed by atoms with E-state index in [0.717, 1.165) is 32.5 Å². The summed E-state index contributed by atoms with van der Waals surface area (Å²) in [6.07, 6.45) is 3.15. The van der Waals surface area contributed by atoms with Crippen molar-refractivity contribution >= 4 is 5.91 Å². The Morgan fingerprint density at radius 3 is 2.76 bits per heavy atom. The van der Waals surface area contributed by atoms with Crippen LogP contribution in [0.3, 0.4) is 0 Å². The lowest BCUT2D eigenvalue weighted by molar-refractivity contribution is -0.135. The first-order valence-corrected chi connectivity index (χ1v) is 6.41. The van der Waals surface area contributed by atoms with E-state index in [-0.39, 0.29) is 5.91 Å². The molecule has 2 aliphatic rings. The summed E-state index contributed by atoms with van der Waals surface area (Å²) in [5.41, 5.74) is 0. The zero-order chi connectivity index (χ0) is 12.1. The number of hydrogen-bond acceptors (Lipinski definition) is 4. The lowest BCUT2D eigenvalue weighted by Gasteiger charge is -2.35. The molecule has 98 valence electrons. The van der Waals surface area contributed by atoms with Crippen molar-refractivity contribution in [1.29, 1.82) is 0 Å². The Labute approximate surface area is 102 Å². The predicted octanol–water partition coefficient (Wildman–Crippen LogP) is 0.00230. The molecule has 1 aliphatic carbocycles. The monoisotopic (exact) mass is 242 g/mol. The summed E-state index contributed by atoms with van der Waals surface area (Å²) in [6.45, 7) is 3.62. The van der Waals surface area contributed by atoms with Gasteiger partial charge in [-0.3, -0.25) is 4.79 Å². The number of carbonyl (C=O) groups is 1. The van der Waals surface area contributed by atoms with Gasteiger partial charge in [-0.25, -0.2) is 0 Å². The van der Waals surface area contributed by atoms with Gasteiger partial charge in [-0.2, -0.15) is 0 Å². The molecule has 1 aliphatic heterocycles. The summed E-state index contributed by atoms with van der Waals surface area (Å²) in [7, 11) is 1.75. The average Bonchev–Trinajstić information content (AvgIpc) is 2.33. The van der Waals surface area contributed by atoms with Gasteiger partial charge < -0.3 is 19.7 Å². The molecule has 0 unspecified atom stereocenters. The van der Waals surface area contributed by atoms with Crippen molar-refractivity contribution < 1.29 is 14.3 Å². The number of nitrogens with zero attached hydrogens (tertiary/aromatic N) is 1. The maximum absolute atomic E-state index is 11.8. The molecule has 5 heteroatoms. The van der Waals surface area contributed by atoms with Crippen LogP contribution in [0.2, 0.25) is 0 Å². The summed E-state index contributed by atoms with van der Waals surface area (Å²) in [5, 5.41) is 3.39. The summed E-state index contributed by atoms with van der Waals surface area (Å²) >= 11 is 0. The van der Waals surface area contributed by atoms with Gasteiger partial charge in [0.2, 0.25) is 5.91 Å². The van der Waals surface area contributed by atoms with Crippen LogP contribution in [-0.2, 0) is 14.3 Å². The van der Waals surface area contributed by atoms with Crippen LogP contribution in [0.5, 0.6) is 0 Å². The molecule has 0 spiro atoms. The molecule has 1 heterocycles. The Morgan fingerprint density at radius 2 is 2.12 bits per heavy atom. The van der Waals surface area contributed by atoms with E-state index < -0.39 is 0 Å². The fourth-order valence-electron chi connectivity index (χ4n) is 2.28. The molecule has 17 heavy (non-hydrogen) atoms. The largest absolute Gasteiger partial charge is 0.381 e. The highest BCUT2D eigenvalue weighted by molar-refractivity contribution is 5.76. The smallest absolute Gasteiger partial charge is 0.224 e. The van der Waals surface area contributed by atoms with Gasteiger partial charge in [0.05, 0.1) is 19.3 Å². The average molecular weight is 242 g/mol. The Morgan fingerprint density at radius 1 is 1.41 bits per heavy atom. The van der Waals surface area contributed by atoms with E-state index in [0.29, 0.717) is 31.8 Å². The summed E-state index contributed by atoms with van der Waals surface area (Å²) in [5.74, 6) is 0.239. The minimum absolute atomic E-state index is 0.239. The number of amides is 1. The molecule has 2 rings (SSSR count). The molecule has 1 saturated carbocycles. The molecule has 0 aromatic heterocycles. The summed E-state index contributed by atoms with van der Waals surface area (Å²) < 4.78 is 10.4. The minimum atomic E-state index is 0.239. The first kappa shape index (κ1) is 12.8. The van der Waals surface area contributed by atoms with Crippen molar-refractivity contribution in [2.24, 2.45) is 0 Å². The van der Waals surface area contributed by atoms with E-state index in [1.807, 2.05) is 4.90 Å². The Balaban J connectivity index is 1.54. The molecule has 0 aromatic rings. The van der Waals surface area contributed by atoms with Crippen LogP contribution in [0.15, 0.2) is 0 Å². The zero-order valence-corrected chi connectivity index (χ0v) is 10.5. The molecule has 1 saturated heterocycles. The lowest BCUT2D eigenvalue weighted by Crippen LogP contribution is -2.47. The van der Waals surface area contributed by atoms with E-state index in [1.165, 1.54) is 0 Å². The zero-order valence-electron chi connectivity index (χ0n) is 10.5. The SMILES string of the molecule is COC1CC(NCCC(=O)N2CCOCC2)C1. The topological polar surface area (TPSA) is 50.8 Å². The van der Waals surface area contributed by atoms with Crippen LogP contribution in [0.4, 0.5) is 0 Å². The van der Waals surface area contributed by atoms with Gasteiger partial charge in [-0.1, -0.05) is 0 Å². The summed E-state index contributed by atoms with van der Waals surface area (Å²) in [4.78, 5) is 13.7. The third-order valence-electron chi connectivity index (χ3n) is 3.56. The van der Waals surface area contributed by atoms with Gasteiger partial charge in [0.25, 0.3) is 0 Å². The molecule has 1 N–H and O–H groups in total. The van der Waals surface area contributed by atoms with E-state index in [9.17, 15) is 4.79 Å². The summed E-state index contributed by atoms with van der Waals surface area (Å²) in [6, 6.07) is 0.539. The number of carbonyl (C=O) groups excluding carboxylic acids is 1. The van der Waals surface area contributed by atoms with Crippen molar-refractivity contribution in [3.8, 4) is 0 Å². The fraction of sp³-hybridized carbons (Fsp3) is 0.917. The molecule has 0 bridgehead atoms. The second-order valence-corrected chi connectivity index (χ2v) is 4.72. The van der Waals surface area contributed by atoms with Crippen molar-refractivity contribution in [2.75, 3.05) is 40.0 Å². The van der Waals surface area contributed by atoms with Gasteiger partial charge in [0.15, 0.2) is 0 Å². The second kappa shape index (κ2) is 6.33. The van der Waals surface area contributed by atoms with Gasteiger partial charge in [-0.15, -0.1) is 0 Å². The van der Waals surface area contributed by atoms with Gasteiger partial charge in [-0.05, 0) is 12.8 Å². The first-order valence-electron chi connectivity index (χ1n) is 6.41. The van der Waals surface area contributed by atoms with Crippen LogP contribution in [-0.4, -0.2) is 62.9 Å². The van der Waals surface area contributed by atoms with E-state index >= 15 is 0 Å². The lowest BCUT2D eigenvalue weighted by atomic mass is 9.89. The molecule has 2 fully saturated rings. The van der Waals surface area contributed by atoms with E-state index in [2.05, 4.69) is 5.32 Å². The predicted molar refractivity (Wildman–Crippen MR) is 63.8 cm³/mol. The molecule has 0 atom stereocenters. The molecule has 5 nitrogen and oxygen atoms in total. The first-order chi connectivity index (χ1) is 8.29. The van der Waals surface area contributed by atoms with Crippen molar-refractivity contribution in [1.82, 2.24) is 10.2 Å². The van der Waals surface area contributed by atoms with Crippen LogP contribution < -0.4 is 5.32 Å². The third-order valence-corrected chi connectivity index (χ3v) is 3.56. The highest BCUT2D eigenvalue weighted by Gasteiger charge is 2.28. The Bertz CT molecular complexity index is 248. The quantitative estimate of drug-likeness (QED) is 0.737. The van der Waals surface area contributed by atoms with Crippen molar-refractivity contribution in [2.45, 2.75) is 31.4 Å². The number of methoxy groups -OCH3 is 1. The minimum Gasteiger partial charge on any atom is -0.381 e. The van der Waals surface area contributed by atoms with Crippen molar-refractivity contribution in [3.05, 3.63) is 0 Å². The second-order valence-electron chi connectivity index (χ2n) is 4.72. The number of hydrogen-bond donors (Lipinski definition) is 1. The highest BCUT2D eigenvalue weighted by Crippen LogP contribution is 2.22. The van der Waals surface area contributed by atoms with Crippen LogP contribution in [0.25, 0.3) is 0 Å². The normalized spacial score (nSPS) is 28.9. The van der Waals surface area contributed by atoms with Crippen LogP contribution in [0.1, 0.15) is 19.3 Å². The van der Waals surface area contributed by atoms with E-state index in [4.69, 9.17) is 9.47 Å². The maximum atomic E-state index is 11.8. The number of ether oxygens (including phenoxy) is 2. The van der Waals surface area contributed by atoms with Gasteiger partial charge >= 0.3 is 0 Å². The standard InChI is InChI=1S/C12H22N2O3/c1-16-11-8-10(9-11)13-3-2-12(15)14-4-6-17-7-5-14/h10-11,13H,2-9H2,1H3. The molecule has 1 amide bonds. The Hall–Kier alpha value is -0.650. The van der Waals surface area contributed by atoms with Crippen LogP contribution >= 0.6 is 0 Å². The van der Waals surface area contributed by atoms with Crippen molar-refractivity contribution in [3.63, 3.8) is 0 Å². The Kier molecular flexibility index (Phi) is 4.76. The fourth-order valence-corrected chi connectivity index (χ4v) is 2.28. The number of morpholine rings is 1. The van der Waals surface area contributed by atoms with E-state index in [1.54, 1.807) is 7.11 Å². The molecule has 0 radical (unpaired) electrons. The number of rotatable bonds is 5. The highest BCUT2D eigenvalue weighted by atomic mass is 16.5. The maximum Gasteiger partial charge on any atom is 0.224 e. The third kappa shape index (κ3) is 3.66.